The number of imide groups is 1. The molecule has 1 aliphatic rings. The number of aromatic nitrogens is 4. The van der Waals surface area contributed by atoms with Gasteiger partial charge in [0.2, 0.25) is 0 Å². The lowest BCUT2D eigenvalue weighted by Gasteiger charge is -2.14. The Bertz CT molecular complexity index is 2320. The zero-order chi connectivity index (χ0) is 34.4. The van der Waals surface area contributed by atoms with Gasteiger partial charge in [-0.15, -0.1) is 0 Å². The predicted molar refractivity (Wildman–Crippen MR) is 187 cm³/mol. The number of benzene rings is 3. The smallest absolute Gasteiger partial charge is 0.332 e. The van der Waals surface area contributed by atoms with Crippen molar-refractivity contribution in [1.29, 1.82) is 0 Å². The zero-order valence-electron chi connectivity index (χ0n) is 25.3. The van der Waals surface area contributed by atoms with E-state index in [9.17, 15) is 19.2 Å². The molecule has 0 saturated carbocycles. The van der Waals surface area contributed by atoms with Crippen LogP contribution < -0.4 is 20.7 Å². The molecule has 3 heterocycles. The summed E-state index contributed by atoms with van der Waals surface area (Å²) in [7, 11) is 4.32. The maximum Gasteiger partial charge on any atom is 0.332 e. The Morgan fingerprint density at radius 2 is 1.60 bits per heavy atom. The van der Waals surface area contributed by atoms with Gasteiger partial charge in [-0.2, -0.15) is 4.98 Å². The fourth-order valence-corrected chi connectivity index (χ4v) is 6.66. The zero-order valence-corrected chi connectivity index (χ0v) is 29.1. The molecule has 2 amide bonds. The molecular formula is C32H23Cl4N5O6S. The minimum absolute atomic E-state index is 0.0104. The summed E-state index contributed by atoms with van der Waals surface area (Å²) in [6.45, 7) is 0.0970. The predicted octanol–water partition coefficient (Wildman–Crippen LogP) is 7.13. The van der Waals surface area contributed by atoms with Gasteiger partial charge >= 0.3 is 11.7 Å². The number of methoxy groups -OCH3 is 1. The van der Waals surface area contributed by atoms with Crippen molar-refractivity contribution in [2.24, 2.45) is 14.1 Å². The molecule has 3 aromatic carbocycles. The second-order valence-corrected chi connectivity index (χ2v) is 13.3. The molecule has 1 saturated heterocycles. The summed E-state index contributed by atoms with van der Waals surface area (Å²) in [6.07, 6.45) is 1.57. The third-order valence-electron chi connectivity index (χ3n) is 7.54. The first-order valence-corrected chi connectivity index (χ1v) is 16.3. The van der Waals surface area contributed by atoms with Crippen molar-refractivity contribution in [3.63, 3.8) is 0 Å². The van der Waals surface area contributed by atoms with E-state index in [2.05, 4.69) is 4.98 Å². The van der Waals surface area contributed by atoms with Crippen LogP contribution in [0.2, 0.25) is 20.1 Å². The van der Waals surface area contributed by atoms with Gasteiger partial charge in [0.15, 0.2) is 22.7 Å². The van der Waals surface area contributed by atoms with E-state index in [1.54, 1.807) is 60.7 Å². The van der Waals surface area contributed by atoms with E-state index in [0.29, 0.717) is 36.8 Å². The normalized spacial score (nSPS) is 14.1. The molecule has 1 aliphatic heterocycles. The van der Waals surface area contributed by atoms with Gasteiger partial charge in [0, 0.05) is 24.1 Å². The minimum atomic E-state index is -0.573. The van der Waals surface area contributed by atoms with E-state index in [4.69, 9.17) is 55.9 Å². The highest BCUT2D eigenvalue weighted by Crippen LogP contribution is 2.37. The summed E-state index contributed by atoms with van der Waals surface area (Å²) in [5, 5.41) is 1.07. The molecule has 11 nitrogen and oxygen atoms in total. The lowest BCUT2D eigenvalue weighted by Crippen LogP contribution is -2.37. The number of carbonyl (C=O) groups excluding carboxylic acids is 2. The molecular weight excluding hydrogens is 724 g/mol. The van der Waals surface area contributed by atoms with Crippen molar-refractivity contribution < 1.29 is 19.1 Å². The van der Waals surface area contributed by atoms with Crippen molar-refractivity contribution in [3.8, 4) is 17.5 Å². The van der Waals surface area contributed by atoms with E-state index in [0.717, 1.165) is 21.2 Å². The number of ether oxygens (including phenoxy) is 2. The number of carbonyl (C=O) groups is 2. The summed E-state index contributed by atoms with van der Waals surface area (Å²) in [5.74, 6) is 0.0313. The van der Waals surface area contributed by atoms with Gasteiger partial charge in [-0.1, -0.05) is 64.6 Å². The molecule has 1 fully saturated rings. The average molecular weight is 747 g/mol. The number of aryl methyl sites for hydroxylation is 1. The first-order valence-electron chi connectivity index (χ1n) is 14.0. The number of hydrogen-bond acceptors (Lipinski definition) is 8. The quantitative estimate of drug-likeness (QED) is 0.154. The summed E-state index contributed by atoms with van der Waals surface area (Å²) < 4.78 is 15.6. The molecule has 0 bridgehead atoms. The Hall–Kier alpha value is -4.20. The highest BCUT2D eigenvalue weighted by Gasteiger charge is 2.35. The van der Waals surface area contributed by atoms with Gasteiger partial charge in [0.05, 0.1) is 35.1 Å². The summed E-state index contributed by atoms with van der Waals surface area (Å²) in [6, 6.07) is 14.8. The van der Waals surface area contributed by atoms with E-state index in [1.165, 1.54) is 30.3 Å². The molecule has 0 N–H and O–H groups in total. The SMILES string of the molecule is COc1cc(/C=C2\SC(=O)N(Cc3ccc(Cl)c(Cl)c3)C2=O)ccc1Oc1nc2c(c(=O)n(C)c(=O)n2C)n1Cc1ccc(Cl)cc1Cl. The number of amides is 2. The summed E-state index contributed by atoms with van der Waals surface area (Å²) in [5.41, 5.74) is 0.919. The van der Waals surface area contributed by atoms with Gasteiger partial charge in [0.25, 0.3) is 16.7 Å². The number of fused-ring (bicyclic) bond motifs is 1. The van der Waals surface area contributed by atoms with E-state index >= 15 is 0 Å². The third kappa shape index (κ3) is 6.34. The molecule has 246 valence electrons. The molecule has 16 heteroatoms. The van der Waals surface area contributed by atoms with Crippen LogP contribution in [0.4, 0.5) is 4.79 Å². The average Bonchev–Trinajstić information content (AvgIpc) is 3.54. The minimum Gasteiger partial charge on any atom is -0.493 e. The molecule has 2 aromatic heterocycles. The molecule has 6 rings (SSSR count). The Labute approximate surface area is 296 Å². The van der Waals surface area contributed by atoms with E-state index < -0.39 is 22.4 Å². The van der Waals surface area contributed by atoms with Crippen molar-refractivity contribution in [2.75, 3.05) is 7.11 Å². The monoisotopic (exact) mass is 745 g/mol. The van der Waals surface area contributed by atoms with Crippen LogP contribution in [0, 0.1) is 0 Å². The number of rotatable bonds is 8. The summed E-state index contributed by atoms with van der Waals surface area (Å²) in [4.78, 5) is 57.8. The third-order valence-corrected chi connectivity index (χ3v) is 9.77. The van der Waals surface area contributed by atoms with Gasteiger partial charge < -0.3 is 9.47 Å². The lowest BCUT2D eigenvalue weighted by atomic mass is 10.1. The molecule has 0 spiro atoms. The maximum atomic E-state index is 13.3. The van der Waals surface area contributed by atoms with Crippen LogP contribution in [0.1, 0.15) is 16.7 Å². The fourth-order valence-electron chi connectivity index (χ4n) is 5.04. The number of imidazole rings is 1. The van der Waals surface area contributed by atoms with Crippen LogP contribution in [-0.4, -0.2) is 41.8 Å². The Kier molecular flexibility index (Phi) is 9.38. The number of halogens is 4. The van der Waals surface area contributed by atoms with E-state index in [-0.39, 0.29) is 46.7 Å². The first kappa shape index (κ1) is 33.7. The van der Waals surface area contributed by atoms with E-state index in [1.807, 2.05) is 0 Å². The lowest BCUT2D eigenvalue weighted by molar-refractivity contribution is -0.123. The second kappa shape index (κ2) is 13.4. The molecule has 0 unspecified atom stereocenters. The highest BCUT2D eigenvalue weighted by atomic mass is 35.5. The molecule has 0 radical (unpaired) electrons. The van der Waals surface area contributed by atoms with Crippen LogP contribution in [0.15, 0.2) is 69.1 Å². The van der Waals surface area contributed by atoms with Crippen molar-refractivity contribution in [2.45, 2.75) is 13.1 Å². The fraction of sp³-hybridized carbons (Fsp3) is 0.156. The molecule has 5 aromatic rings. The van der Waals surface area contributed by atoms with Crippen LogP contribution in [0.3, 0.4) is 0 Å². The topological polar surface area (TPSA) is 118 Å². The van der Waals surface area contributed by atoms with Crippen molar-refractivity contribution in [3.05, 3.63) is 117 Å². The molecule has 0 atom stereocenters. The number of hydrogen-bond donors (Lipinski definition) is 0. The largest absolute Gasteiger partial charge is 0.493 e. The van der Waals surface area contributed by atoms with Crippen molar-refractivity contribution >= 4 is 86.6 Å². The van der Waals surface area contributed by atoms with Crippen LogP contribution in [0.25, 0.3) is 17.2 Å². The highest BCUT2D eigenvalue weighted by molar-refractivity contribution is 8.18. The van der Waals surface area contributed by atoms with Crippen LogP contribution in [0.5, 0.6) is 17.5 Å². The Morgan fingerprint density at radius 3 is 2.31 bits per heavy atom. The molecule has 0 aliphatic carbocycles. The standard InChI is InChI=1S/C32H23Cl4N5O6S/c1-38-27-26(29(43)39(2)31(38)44)40(15-18-6-7-19(33)13-21(18)35)30(37-27)47-23-9-5-16(11-24(23)46-3)12-25-28(42)41(32(45)48-25)14-17-4-8-20(34)22(36)10-17/h4-13H,14-15H2,1-3H3/b25-12-. The summed E-state index contributed by atoms with van der Waals surface area (Å²) >= 11 is 25.5. The van der Waals surface area contributed by atoms with Gasteiger partial charge in [0.1, 0.15) is 0 Å². The maximum absolute atomic E-state index is 13.3. The van der Waals surface area contributed by atoms with Crippen LogP contribution >= 0.6 is 58.2 Å². The van der Waals surface area contributed by atoms with Gasteiger partial charge in [-0.05, 0) is 70.9 Å². The Morgan fingerprint density at radius 1 is 0.833 bits per heavy atom. The second-order valence-electron chi connectivity index (χ2n) is 10.6. The molecule has 48 heavy (non-hydrogen) atoms. The Balaban J connectivity index is 1.34. The van der Waals surface area contributed by atoms with Gasteiger partial charge in [-0.3, -0.25) is 33.0 Å². The first-order chi connectivity index (χ1) is 22.9. The van der Waals surface area contributed by atoms with Crippen LogP contribution in [-0.2, 0) is 32.0 Å². The van der Waals surface area contributed by atoms with Crippen molar-refractivity contribution in [1.82, 2.24) is 23.6 Å². The van der Waals surface area contributed by atoms with Gasteiger partial charge in [-0.25, -0.2) is 4.79 Å². The number of nitrogens with zero attached hydrogens (tertiary/aromatic N) is 5. The number of thioether (sulfide) groups is 1.